The fraction of sp³-hybridized carbons (Fsp3) is 0.304. The number of hydrogen-bond donors (Lipinski definition) is 1. The smallest absolute Gasteiger partial charge is 0.270 e. The third kappa shape index (κ3) is 4.67. The molecule has 0 bridgehead atoms. The van der Waals surface area contributed by atoms with E-state index in [0.717, 1.165) is 36.2 Å². The van der Waals surface area contributed by atoms with Crippen LogP contribution in [0.25, 0.3) is 5.69 Å². The zero-order chi connectivity index (χ0) is 19.2. The van der Waals surface area contributed by atoms with E-state index >= 15 is 0 Å². The molecule has 1 aliphatic carbocycles. The van der Waals surface area contributed by atoms with Crippen molar-refractivity contribution >= 4 is 5.91 Å². The van der Waals surface area contributed by atoms with E-state index in [1.165, 1.54) is 0 Å². The molecule has 144 valence electrons. The molecular weight excluding hydrogens is 350 g/mol. The molecule has 0 spiro atoms. The summed E-state index contributed by atoms with van der Waals surface area (Å²) in [5.41, 5.74) is 3.68. The van der Waals surface area contributed by atoms with Crippen LogP contribution >= 0.6 is 0 Å². The van der Waals surface area contributed by atoms with Gasteiger partial charge in [-0.15, -0.1) is 0 Å². The minimum Gasteiger partial charge on any atom is -0.377 e. The first kappa shape index (κ1) is 18.4. The Morgan fingerprint density at radius 1 is 1.07 bits per heavy atom. The molecule has 5 heteroatoms. The van der Waals surface area contributed by atoms with Crippen molar-refractivity contribution in [1.82, 2.24) is 15.1 Å². The Balaban J connectivity index is 1.30. The minimum absolute atomic E-state index is 0.0914. The van der Waals surface area contributed by atoms with Crippen LogP contribution in [0.4, 0.5) is 0 Å². The van der Waals surface area contributed by atoms with Crippen LogP contribution in [-0.4, -0.2) is 28.8 Å². The number of carbonyl (C=O) groups is 1. The number of nitrogens with one attached hydrogen (secondary N) is 1. The van der Waals surface area contributed by atoms with Crippen molar-refractivity contribution in [1.29, 1.82) is 0 Å². The lowest BCUT2D eigenvalue weighted by atomic mass is 10.2. The van der Waals surface area contributed by atoms with Crippen molar-refractivity contribution in [2.24, 2.45) is 0 Å². The molecule has 1 N–H and O–H groups in total. The fourth-order valence-electron chi connectivity index (χ4n) is 3.14. The highest BCUT2D eigenvalue weighted by Crippen LogP contribution is 2.39. The Kier molecular flexibility index (Phi) is 5.83. The van der Waals surface area contributed by atoms with E-state index in [1.807, 2.05) is 66.7 Å². The normalized spacial score (nSPS) is 13.4. The molecule has 0 saturated heterocycles. The molecule has 4 rings (SSSR count). The Hall–Kier alpha value is -2.92. The second-order valence-corrected chi connectivity index (χ2v) is 7.12. The summed E-state index contributed by atoms with van der Waals surface area (Å²) in [5.74, 6) is 0.411. The molecule has 1 saturated carbocycles. The van der Waals surface area contributed by atoms with Crippen molar-refractivity contribution in [3.63, 3.8) is 0 Å². The number of benzene rings is 2. The summed E-state index contributed by atoms with van der Waals surface area (Å²) in [5, 5.41) is 7.69. The summed E-state index contributed by atoms with van der Waals surface area (Å²) in [6.45, 7) is 1.78. The number of para-hydroxylation sites is 1. The Morgan fingerprint density at radius 3 is 2.50 bits per heavy atom. The highest BCUT2D eigenvalue weighted by molar-refractivity contribution is 5.93. The molecule has 0 radical (unpaired) electrons. The third-order valence-corrected chi connectivity index (χ3v) is 4.82. The number of hydrogen-bond acceptors (Lipinski definition) is 3. The second kappa shape index (κ2) is 8.85. The van der Waals surface area contributed by atoms with E-state index in [-0.39, 0.29) is 5.91 Å². The van der Waals surface area contributed by atoms with Gasteiger partial charge < -0.3 is 10.1 Å². The molecule has 0 atom stereocenters. The standard InChI is InChI=1S/C23H25N3O2/c27-23(24-14-7-15-28-17-18-8-3-1-4-9-18)22-16-21(19-12-13-19)25-26(22)20-10-5-2-6-11-20/h1-6,8-11,16,19H,7,12-15,17H2,(H,24,27). The molecule has 1 aromatic heterocycles. The first-order valence-electron chi connectivity index (χ1n) is 9.86. The molecule has 1 aliphatic rings. The van der Waals surface area contributed by atoms with Gasteiger partial charge >= 0.3 is 0 Å². The highest BCUT2D eigenvalue weighted by Gasteiger charge is 2.28. The Labute approximate surface area is 165 Å². The van der Waals surface area contributed by atoms with Gasteiger partial charge in [-0.25, -0.2) is 4.68 Å². The molecule has 0 aliphatic heterocycles. The number of ether oxygens (including phenoxy) is 1. The lowest BCUT2D eigenvalue weighted by Gasteiger charge is -2.09. The summed E-state index contributed by atoms with van der Waals surface area (Å²) < 4.78 is 7.43. The van der Waals surface area contributed by atoms with E-state index < -0.39 is 0 Å². The maximum atomic E-state index is 12.7. The summed E-state index contributed by atoms with van der Waals surface area (Å²) in [6, 6.07) is 21.8. The average Bonchev–Trinajstić information content (AvgIpc) is 3.50. The van der Waals surface area contributed by atoms with E-state index in [2.05, 4.69) is 10.4 Å². The van der Waals surface area contributed by atoms with Crippen LogP contribution < -0.4 is 5.32 Å². The number of rotatable bonds is 9. The van der Waals surface area contributed by atoms with E-state index in [0.29, 0.717) is 31.4 Å². The molecule has 3 aromatic rings. The van der Waals surface area contributed by atoms with Crippen molar-refractivity contribution in [2.75, 3.05) is 13.2 Å². The van der Waals surface area contributed by atoms with Crippen molar-refractivity contribution in [2.45, 2.75) is 31.8 Å². The first-order chi connectivity index (χ1) is 13.8. The van der Waals surface area contributed by atoms with Crippen LogP contribution in [0.3, 0.4) is 0 Å². The largest absolute Gasteiger partial charge is 0.377 e. The lowest BCUT2D eigenvalue weighted by molar-refractivity contribution is 0.0927. The third-order valence-electron chi connectivity index (χ3n) is 4.82. The average molecular weight is 375 g/mol. The zero-order valence-corrected chi connectivity index (χ0v) is 15.9. The molecule has 1 heterocycles. The summed E-state index contributed by atoms with van der Waals surface area (Å²) in [6.07, 6.45) is 3.09. The van der Waals surface area contributed by atoms with Gasteiger partial charge in [-0.3, -0.25) is 4.79 Å². The zero-order valence-electron chi connectivity index (χ0n) is 15.9. The van der Waals surface area contributed by atoms with Crippen LogP contribution in [0.2, 0.25) is 0 Å². The van der Waals surface area contributed by atoms with Gasteiger partial charge in [-0.1, -0.05) is 48.5 Å². The quantitative estimate of drug-likeness (QED) is 0.573. The molecular formula is C23H25N3O2. The van der Waals surface area contributed by atoms with Gasteiger partial charge in [0.15, 0.2) is 0 Å². The number of amides is 1. The SMILES string of the molecule is O=C(NCCCOCc1ccccc1)c1cc(C2CC2)nn1-c1ccccc1. The maximum Gasteiger partial charge on any atom is 0.270 e. The van der Waals surface area contributed by atoms with Crippen LogP contribution in [-0.2, 0) is 11.3 Å². The fourth-order valence-corrected chi connectivity index (χ4v) is 3.14. The summed E-state index contributed by atoms with van der Waals surface area (Å²) in [7, 11) is 0. The topological polar surface area (TPSA) is 56.1 Å². The van der Waals surface area contributed by atoms with Gasteiger partial charge in [-0.2, -0.15) is 5.10 Å². The van der Waals surface area contributed by atoms with Crippen LogP contribution in [0, 0.1) is 0 Å². The minimum atomic E-state index is -0.0914. The maximum absolute atomic E-state index is 12.7. The highest BCUT2D eigenvalue weighted by atomic mass is 16.5. The molecule has 0 unspecified atom stereocenters. The molecule has 1 fully saturated rings. The van der Waals surface area contributed by atoms with Gasteiger partial charge in [0, 0.05) is 19.1 Å². The number of nitrogens with zero attached hydrogens (tertiary/aromatic N) is 2. The second-order valence-electron chi connectivity index (χ2n) is 7.12. The van der Waals surface area contributed by atoms with Crippen LogP contribution in [0.1, 0.15) is 46.9 Å². The molecule has 5 nitrogen and oxygen atoms in total. The van der Waals surface area contributed by atoms with Crippen molar-refractivity contribution in [3.05, 3.63) is 83.7 Å². The number of carbonyl (C=O) groups excluding carboxylic acids is 1. The Bertz CT molecular complexity index is 902. The van der Waals surface area contributed by atoms with Crippen molar-refractivity contribution in [3.8, 4) is 5.69 Å². The molecule has 1 amide bonds. The van der Waals surface area contributed by atoms with Gasteiger partial charge in [-0.05, 0) is 43.0 Å². The van der Waals surface area contributed by atoms with Gasteiger partial charge in [0.2, 0.25) is 0 Å². The van der Waals surface area contributed by atoms with Gasteiger partial charge in [0.25, 0.3) is 5.91 Å². The van der Waals surface area contributed by atoms with Gasteiger partial charge in [0.05, 0.1) is 18.0 Å². The summed E-state index contributed by atoms with van der Waals surface area (Å²) in [4.78, 5) is 12.7. The first-order valence-corrected chi connectivity index (χ1v) is 9.86. The van der Waals surface area contributed by atoms with E-state index in [4.69, 9.17) is 4.74 Å². The van der Waals surface area contributed by atoms with Crippen LogP contribution in [0.15, 0.2) is 66.7 Å². The van der Waals surface area contributed by atoms with Gasteiger partial charge in [0.1, 0.15) is 5.69 Å². The molecule has 28 heavy (non-hydrogen) atoms. The predicted molar refractivity (Wildman–Crippen MR) is 109 cm³/mol. The van der Waals surface area contributed by atoms with E-state index in [9.17, 15) is 4.79 Å². The Morgan fingerprint density at radius 2 is 1.79 bits per heavy atom. The van der Waals surface area contributed by atoms with Crippen molar-refractivity contribution < 1.29 is 9.53 Å². The molecule has 2 aromatic carbocycles. The monoisotopic (exact) mass is 375 g/mol. The lowest BCUT2D eigenvalue weighted by Crippen LogP contribution is -2.27. The predicted octanol–water partition coefficient (Wildman–Crippen LogP) is 4.09. The van der Waals surface area contributed by atoms with E-state index in [1.54, 1.807) is 4.68 Å². The number of aromatic nitrogens is 2. The summed E-state index contributed by atoms with van der Waals surface area (Å²) >= 11 is 0. The van der Waals surface area contributed by atoms with Crippen LogP contribution in [0.5, 0.6) is 0 Å².